The summed E-state index contributed by atoms with van der Waals surface area (Å²) in [4.78, 5) is 10.2. The van der Waals surface area contributed by atoms with Crippen molar-refractivity contribution in [2.24, 2.45) is 0 Å². The van der Waals surface area contributed by atoms with Gasteiger partial charge in [0, 0.05) is 8.35 Å². The van der Waals surface area contributed by atoms with E-state index in [-0.39, 0.29) is 13.8 Å². The van der Waals surface area contributed by atoms with Gasteiger partial charge in [0.2, 0.25) is 0 Å². The summed E-state index contributed by atoms with van der Waals surface area (Å²) in [5, 5.41) is 2.33. The largest absolute Gasteiger partial charge is 0.304 e. The third-order valence-electron chi connectivity index (χ3n) is 0.809. The monoisotopic (exact) mass is 153 g/mol. The zero-order chi connectivity index (χ0) is 8.20. The lowest BCUT2D eigenvalue weighted by molar-refractivity contribution is -0.116. The molecule has 0 amide bonds. The van der Waals surface area contributed by atoms with Gasteiger partial charge in [0.1, 0.15) is 5.78 Å². The van der Waals surface area contributed by atoms with Gasteiger partial charge >= 0.3 is 0 Å². The van der Waals surface area contributed by atoms with Gasteiger partial charge in [-0.2, -0.15) is 0 Å². The average Bonchev–Trinajstić information content (AvgIpc) is 1.59. The molecule has 0 radical (unpaired) electrons. The second-order valence-electron chi connectivity index (χ2n) is 2.38. The first-order chi connectivity index (χ1) is 4.42. The maximum absolute atomic E-state index is 12.0. The zero-order valence-electron chi connectivity index (χ0n) is 6.08. The second kappa shape index (κ2) is 3.61. The van der Waals surface area contributed by atoms with Crippen molar-refractivity contribution in [2.75, 3.05) is 13.1 Å². The van der Waals surface area contributed by atoms with Crippen LogP contribution in [0.1, 0.15) is 15.3 Å². The van der Waals surface area contributed by atoms with E-state index < -0.39 is 12.5 Å². The molecule has 0 heterocycles. The Morgan fingerprint density at radius 2 is 2.20 bits per heavy atom. The van der Waals surface area contributed by atoms with Gasteiger partial charge < -0.3 is 5.32 Å². The molecule has 0 saturated carbocycles. The summed E-state index contributed by atoms with van der Waals surface area (Å²) in [6.07, 6.45) is 0. The molecule has 62 valence electrons. The molecule has 0 aromatic heterocycles. The fourth-order valence-corrected chi connectivity index (χ4v) is 0.458. The van der Waals surface area contributed by atoms with E-state index in [0.717, 1.165) is 6.92 Å². The van der Waals surface area contributed by atoms with Crippen molar-refractivity contribution in [1.82, 2.24) is 5.32 Å². The third kappa shape index (κ3) is 7.49. The van der Waals surface area contributed by atoms with Crippen LogP contribution in [-0.2, 0) is 4.79 Å². The Labute approximate surface area is 60.1 Å². The Hall–Kier alpha value is -0.510. The van der Waals surface area contributed by atoms with E-state index in [9.17, 15) is 13.6 Å². The first kappa shape index (κ1) is 9.49. The number of ketones is 1. The van der Waals surface area contributed by atoms with Crippen LogP contribution in [0.2, 0.25) is 0 Å². The standard InChI is InChI=1S/C6H11F2NO.H2/c1-5(10)3-9-4-6(2,7)8;/h9H,3-4H2,1-2H3;1H. The summed E-state index contributed by atoms with van der Waals surface area (Å²) in [6.45, 7) is 1.73. The average molecular weight is 153 g/mol. The van der Waals surface area contributed by atoms with Crippen LogP contribution in [0.4, 0.5) is 8.78 Å². The summed E-state index contributed by atoms with van der Waals surface area (Å²) in [7, 11) is 0. The van der Waals surface area contributed by atoms with Crippen LogP contribution in [0.5, 0.6) is 0 Å². The van der Waals surface area contributed by atoms with Gasteiger partial charge in [0.25, 0.3) is 5.92 Å². The first-order valence-electron chi connectivity index (χ1n) is 3.00. The number of Topliss-reactive ketones (excluding diaryl/α,β-unsaturated/α-hetero) is 1. The van der Waals surface area contributed by atoms with Crippen molar-refractivity contribution < 1.29 is 15.0 Å². The van der Waals surface area contributed by atoms with Crippen molar-refractivity contribution in [1.29, 1.82) is 0 Å². The van der Waals surface area contributed by atoms with Crippen LogP contribution in [0, 0.1) is 0 Å². The van der Waals surface area contributed by atoms with Crippen molar-refractivity contribution in [3.8, 4) is 0 Å². The normalized spacial score (nSPS) is 11.6. The molecule has 0 aliphatic rings. The molecule has 0 atom stereocenters. The van der Waals surface area contributed by atoms with Gasteiger partial charge in [-0.25, -0.2) is 8.78 Å². The lowest BCUT2D eigenvalue weighted by Gasteiger charge is -2.09. The SMILES string of the molecule is CC(=O)CNCC(C)(F)F.[HH]. The smallest absolute Gasteiger partial charge is 0.257 e. The second-order valence-corrected chi connectivity index (χ2v) is 2.38. The van der Waals surface area contributed by atoms with Gasteiger partial charge in [-0.05, 0) is 6.92 Å². The summed E-state index contributed by atoms with van der Waals surface area (Å²) in [5.41, 5.74) is 0. The predicted octanol–water partition coefficient (Wildman–Crippen LogP) is 1.07. The van der Waals surface area contributed by atoms with Gasteiger partial charge in [0.05, 0.1) is 13.1 Å². The molecule has 10 heavy (non-hydrogen) atoms. The number of hydrogen-bond acceptors (Lipinski definition) is 2. The van der Waals surface area contributed by atoms with Crippen LogP contribution in [0.15, 0.2) is 0 Å². The van der Waals surface area contributed by atoms with Gasteiger partial charge in [-0.1, -0.05) is 0 Å². The van der Waals surface area contributed by atoms with Crippen LogP contribution < -0.4 is 5.32 Å². The minimum atomic E-state index is -2.73. The zero-order valence-corrected chi connectivity index (χ0v) is 6.08. The van der Waals surface area contributed by atoms with Gasteiger partial charge in [0.15, 0.2) is 0 Å². The fraction of sp³-hybridized carbons (Fsp3) is 0.833. The predicted molar refractivity (Wildman–Crippen MR) is 36.3 cm³/mol. The van der Waals surface area contributed by atoms with Crippen molar-refractivity contribution in [2.45, 2.75) is 19.8 Å². The van der Waals surface area contributed by atoms with Crippen LogP contribution >= 0.6 is 0 Å². The van der Waals surface area contributed by atoms with Crippen molar-refractivity contribution in [3.63, 3.8) is 0 Å². The molecule has 0 fully saturated rings. The van der Waals surface area contributed by atoms with Crippen molar-refractivity contribution in [3.05, 3.63) is 0 Å². The first-order valence-corrected chi connectivity index (χ1v) is 3.00. The summed E-state index contributed by atoms with van der Waals surface area (Å²) < 4.78 is 24.0. The molecular weight excluding hydrogens is 140 g/mol. The Balaban J connectivity index is 0. The molecule has 1 N–H and O–H groups in total. The fourth-order valence-electron chi connectivity index (χ4n) is 0.458. The van der Waals surface area contributed by atoms with Gasteiger partial charge in [-0.15, -0.1) is 0 Å². The quantitative estimate of drug-likeness (QED) is 0.654. The topological polar surface area (TPSA) is 29.1 Å². The molecule has 0 spiro atoms. The molecule has 0 aliphatic heterocycles. The highest BCUT2D eigenvalue weighted by Gasteiger charge is 2.19. The Morgan fingerprint density at radius 3 is 2.50 bits per heavy atom. The van der Waals surface area contributed by atoms with E-state index in [4.69, 9.17) is 0 Å². The highest BCUT2D eigenvalue weighted by Crippen LogP contribution is 2.08. The lowest BCUT2D eigenvalue weighted by atomic mass is 10.3. The van der Waals surface area contributed by atoms with Crippen LogP contribution in [0.25, 0.3) is 0 Å². The van der Waals surface area contributed by atoms with E-state index in [1.54, 1.807) is 0 Å². The molecular formula is C6H13F2NO. The highest BCUT2D eigenvalue weighted by atomic mass is 19.3. The van der Waals surface area contributed by atoms with E-state index in [0.29, 0.717) is 0 Å². The number of hydrogen-bond donors (Lipinski definition) is 1. The van der Waals surface area contributed by atoms with E-state index >= 15 is 0 Å². The number of carbonyl (C=O) groups is 1. The molecule has 0 aromatic carbocycles. The van der Waals surface area contributed by atoms with Crippen LogP contribution in [-0.4, -0.2) is 24.8 Å². The summed E-state index contributed by atoms with van der Waals surface area (Å²) >= 11 is 0. The van der Waals surface area contributed by atoms with Gasteiger partial charge in [-0.3, -0.25) is 4.79 Å². The molecule has 0 aliphatic carbocycles. The van der Waals surface area contributed by atoms with E-state index in [2.05, 4.69) is 5.32 Å². The molecule has 0 saturated heterocycles. The number of carbonyl (C=O) groups excluding carboxylic acids is 1. The number of rotatable bonds is 4. The molecule has 0 aromatic rings. The minimum absolute atomic E-state index is 0. The molecule has 0 unspecified atom stereocenters. The molecule has 0 bridgehead atoms. The van der Waals surface area contributed by atoms with E-state index in [1.807, 2.05) is 0 Å². The van der Waals surface area contributed by atoms with Crippen molar-refractivity contribution >= 4 is 5.78 Å². The number of halogens is 2. The maximum atomic E-state index is 12.0. The molecule has 2 nitrogen and oxygen atoms in total. The minimum Gasteiger partial charge on any atom is -0.304 e. The molecule has 4 heteroatoms. The summed E-state index contributed by atoms with van der Waals surface area (Å²) in [5.74, 6) is -2.86. The Kier molecular flexibility index (Phi) is 3.42. The summed E-state index contributed by atoms with van der Waals surface area (Å²) in [6, 6.07) is 0. The lowest BCUT2D eigenvalue weighted by Crippen LogP contribution is -2.32. The third-order valence-corrected chi connectivity index (χ3v) is 0.809. The maximum Gasteiger partial charge on any atom is 0.257 e. The Bertz CT molecular complexity index is 124. The Morgan fingerprint density at radius 1 is 1.70 bits per heavy atom. The van der Waals surface area contributed by atoms with Crippen LogP contribution in [0.3, 0.4) is 0 Å². The van der Waals surface area contributed by atoms with E-state index in [1.165, 1.54) is 6.92 Å². The number of alkyl halides is 2. The molecule has 0 rings (SSSR count). The number of nitrogens with one attached hydrogen (secondary N) is 1. The highest BCUT2D eigenvalue weighted by molar-refractivity contribution is 5.77.